The third kappa shape index (κ3) is 5.90. The van der Waals surface area contributed by atoms with Gasteiger partial charge in [-0.3, -0.25) is 10.1 Å². The van der Waals surface area contributed by atoms with Crippen molar-refractivity contribution in [2.45, 2.75) is 58.1 Å². The van der Waals surface area contributed by atoms with Gasteiger partial charge in [0.25, 0.3) is 0 Å². The Balaban J connectivity index is 2.00. The molecule has 2 atom stereocenters. The van der Waals surface area contributed by atoms with Crippen LogP contribution in [-0.4, -0.2) is 57.6 Å². The molecule has 2 heterocycles. The third-order valence-electron chi connectivity index (χ3n) is 5.47. The lowest BCUT2D eigenvalue weighted by Crippen LogP contribution is -2.39. The van der Waals surface area contributed by atoms with Gasteiger partial charge in [-0.25, -0.2) is 9.78 Å². The van der Waals surface area contributed by atoms with Gasteiger partial charge in [0.05, 0.1) is 28.0 Å². The number of imidazole rings is 1. The minimum atomic E-state index is -0.765. The van der Waals surface area contributed by atoms with E-state index in [0.717, 1.165) is 31.7 Å². The number of hydrogen-bond acceptors (Lipinski definition) is 6. The maximum atomic E-state index is 12.8. The van der Waals surface area contributed by atoms with Gasteiger partial charge in [-0.1, -0.05) is 17.7 Å². The Morgan fingerprint density at radius 3 is 2.76 bits per heavy atom. The second kappa shape index (κ2) is 10.3. The van der Waals surface area contributed by atoms with Gasteiger partial charge in [0, 0.05) is 19.3 Å². The van der Waals surface area contributed by atoms with Gasteiger partial charge >= 0.3 is 6.09 Å². The molecule has 1 aliphatic rings. The summed E-state index contributed by atoms with van der Waals surface area (Å²) in [5.41, 5.74) is 0.716. The Kier molecular flexibility index (Phi) is 7.73. The van der Waals surface area contributed by atoms with E-state index in [1.807, 2.05) is 31.4 Å². The number of carbonyl (C=O) groups excluding carboxylic acids is 2. The van der Waals surface area contributed by atoms with E-state index < -0.39 is 17.4 Å². The molecule has 3 rings (SSSR count). The first-order valence-electron chi connectivity index (χ1n) is 11.1. The first kappa shape index (κ1) is 24.7. The average Bonchev–Trinajstić information content (AvgIpc) is 2.93. The fourth-order valence-corrected chi connectivity index (χ4v) is 4.21. The molecule has 1 aromatic carbocycles. The van der Waals surface area contributed by atoms with E-state index in [4.69, 9.17) is 27.2 Å². The van der Waals surface area contributed by atoms with Crippen LogP contribution in [0.3, 0.4) is 0 Å². The Bertz CT molecular complexity index is 1040. The number of halogens is 1. The Morgan fingerprint density at radius 2 is 2.09 bits per heavy atom. The molecule has 2 unspecified atom stereocenters. The summed E-state index contributed by atoms with van der Waals surface area (Å²) < 4.78 is 7.49. The van der Waals surface area contributed by atoms with Crippen LogP contribution in [-0.2, 0) is 9.53 Å². The second-order valence-electron chi connectivity index (χ2n) is 9.19. The molecular weight excluding hydrogens is 444 g/mol. The van der Waals surface area contributed by atoms with Crippen molar-refractivity contribution < 1.29 is 14.3 Å². The summed E-state index contributed by atoms with van der Waals surface area (Å²) in [6, 6.07) is 5.21. The monoisotopic (exact) mass is 474 g/mol. The number of para-hydroxylation sites is 1. The van der Waals surface area contributed by atoms with E-state index in [0.29, 0.717) is 35.1 Å². The van der Waals surface area contributed by atoms with Crippen molar-refractivity contribution in [3.05, 3.63) is 23.2 Å². The zero-order valence-electron chi connectivity index (χ0n) is 19.2. The molecule has 9 nitrogen and oxygen atoms in total. The number of amides is 2. The predicted molar refractivity (Wildman–Crippen MR) is 130 cm³/mol. The summed E-state index contributed by atoms with van der Waals surface area (Å²) in [6.07, 6.45) is 4.39. The van der Waals surface area contributed by atoms with E-state index in [9.17, 15) is 9.59 Å². The predicted octanol–water partition coefficient (Wildman–Crippen LogP) is 4.90. The molecule has 0 spiro atoms. The third-order valence-corrected chi connectivity index (χ3v) is 5.77. The minimum absolute atomic E-state index is 0.131. The van der Waals surface area contributed by atoms with Crippen LogP contribution in [0.4, 0.5) is 10.7 Å². The van der Waals surface area contributed by atoms with Crippen molar-refractivity contribution in [3.8, 4) is 0 Å². The molecule has 3 N–H and O–H groups in total. The number of ether oxygens (including phenoxy) is 1. The molecule has 2 amide bonds. The van der Waals surface area contributed by atoms with Crippen LogP contribution < -0.4 is 5.32 Å². The number of nitrogens with zero attached hydrogens (tertiary/aromatic N) is 3. The Labute approximate surface area is 198 Å². The van der Waals surface area contributed by atoms with E-state index in [2.05, 4.69) is 10.3 Å². The van der Waals surface area contributed by atoms with Crippen LogP contribution in [0.5, 0.6) is 0 Å². The quantitative estimate of drug-likeness (QED) is 0.515. The first-order chi connectivity index (χ1) is 15.6. The summed E-state index contributed by atoms with van der Waals surface area (Å²) in [4.78, 5) is 31.9. The highest BCUT2D eigenvalue weighted by Crippen LogP contribution is 2.34. The van der Waals surface area contributed by atoms with Crippen molar-refractivity contribution in [1.29, 1.82) is 10.8 Å². The molecule has 0 aliphatic carbocycles. The number of anilines is 1. The van der Waals surface area contributed by atoms with E-state index in [1.54, 1.807) is 17.0 Å². The van der Waals surface area contributed by atoms with Crippen LogP contribution in [0.2, 0.25) is 5.02 Å². The fraction of sp³-hybridized carbons (Fsp3) is 0.522. The highest BCUT2D eigenvalue weighted by Gasteiger charge is 2.30. The maximum absolute atomic E-state index is 12.8. The van der Waals surface area contributed by atoms with Gasteiger partial charge < -0.3 is 25.0 Å². The number of fused-ring (bicyclic) bond motifs is 1. The number of aromatic nitrogens is 2. The van der Waals surface area contributed by atoms with Crippen molar-refractivity contribution >= 4 is 53.0 Å². The molecule has 0 bridgehead atoms. The number of nitrogens with one attached hydrogen (secondary N) is 3. The normalized spacial score (nSPS) is 17.8. The topological polar surface area (TPSA) is 124 Å². The molecular formula is C23H31ClN6O3. The summed E-state index contributed by atoms with van der Waals surface area (Å²) in [5, 5.41) is 18.1. The lowest BCUT2D eigenvalue weighted by Gasteiger charge is -2.29. The highest BCUT2D eigenvalue weighted by atomic mass is 35.5. The zero-order chi connectivity index (χ0) is 24.2. The van der Waals surface area contributed by atoms with Crippen molar-refractivity contribution in [3.63, 3.8) is 0 Å². The van der Waals surface area contributed by atoms with Gasteiger partial charge in [0.2, 0.25) is 11.9 Å². The van der Waals surface area contributed by atoms with Crippen LogP contribution in [0.15, 0.2) is 18.2 Å². The number of benzene rings is 1. The van der Waals surface area contributed by atoms with Crippen LogP contribution in [0, 0.1) is 16.7 Å². The second-order valence-corrected chi connectivity index (χ2v) is 9.60. The maximum Gasteiger partial charge on any atom is 0.410 e. The van der Waals surface area contributed by atoms with Crippen molar-refractivity contribution in [2.24, 2.45) is 5.92 Å². The summed E-state index contributed by atoms with van der Waals surface area (Å²) in [6.45, 7) is 6.49. The molecule has 1 saturated heterocycles. The minimum Gasteiger partial charge on any atom is -0.444 e. The summed E-state index contributed by atoms with van der Waals surface area (Å²) >= 11 is 6.55. The zero-order valence-corrected chi connectivity index (χ0v) is 20.0. The van der Waals surface area contributed by atoms with Crippen LogP contribution >= 0.6 is 11.6 Å². The molecule has 33 heavy (non-hydrogen) atoms. The molecule has 178 valence electrons. The van der Waals surface area contributed by atoms with Crippen molar-refractivity contribution in [1.82, 2.24) is 14.5 Å². The van der Waals surface area contributed by atoms with E-state index in [1.165, 1.54) is 0 Å². The number of likely N-dealkylation sites (tertiary alicyclic amines) is 1. The molecule has 1 aliphatic heterocycles. The smallest absolute Gasteiger partial charge is 0.410 e. The van der Waals surface area contributed by atoms with Gasteiger partial charge in [-0.05, 0) is 64.8 Å². The molecule has 2 aromatic rings. The number of rotatable bonds is 6. The number of carbonyl (C=O) groups is 2. The van der Waals surface area contributed by atoms with E-state index in [-0.39, 0.29) is 18.6 Å². The van der Waals surface area contributed by atoms with Gasteiger partial charge in [0.15, 0.2) is 0 Å². The van der Waals surface area contributed by atoms with Crippen LogP contribution in [0.1, 0.15) is 52.5 Å². The molecule has 0 radical (unpaired) electrons. The highest BCUT2D eigenvalue weighted by molar-refractivity contribution is 6.35. The van der Waals surface area contributed by atoms with Gasteiger partial charge in [-0.15, -0.1) is 0 Å². The van der Waals surface area contributed by atoms with Gasteiger partial charge in [-0.2, -0.15) is 0 Å². The SMILES string of the molecule is CC(C)(C)OC(=O)N1CCCCC(n2c(NC(=O)C(C=N)CC=N)nc3cccc(Cl)c32)C1. The average molecular weight is 475 g/mol. The largest absolute Gasteiger partial charge is 0.444 e. The number of hydrogen-bond donors (Lipinski definition) is 3. The van der Waals surface area contributed by atoms with E-state index >= 15 is 0 Å². The summed E-state index contributed by atoms with van der Waals surface area (Å²) in [5.74, 6) is -0.867. The first-order valence-corrected chi connectivity index (χ1v) is 11.5. The molecule has 10 heteroatoms. The lowest BCUT2D eigenvalue weighted by molar-refractivity contribution is -0.117. The molecule has 1 aromatic heterocycles. The molecule has 1 fully saturated rings. The van der Waals surface area contributed by atoms with Crippen molar-refractivity contribution in [2.75, 3.05) is 18.4 Å². The van der Waals surface area contributed by atoms with Crippen LogP contribution in [0.25, 0.3) is 11.0 Å². The molecule has 0 saturated carbocycles. The Morgan fingerprint density at radius 1 is 1.33 bits per heavy atom. The Hall–Kier alpha value is -2.94. The van der Waals surface area contributed by atoms with Gasteiger partial charge in [0.1, 0.15) is 5.60 Å². The lowest BCUT2D eigenvalue weighted by atomic mass is 10.1. The fourth-order valence-electron chi connectivity index (χ4n) is 3.95. The standard InChI is InChI=1S/C23H31ClN6O3/c1-23(2,3)33-22(32)29-12-5-4-7-16(14-29)30-19-17(24)8-6-9-18(19)27-21(30)28-20(31)15(13-26)10-11-25/h6,8-9,11,13,15-16,25-26H,4-5,7,10,12,14H2,1-3H3,(H,27,28,31). The summed E-state index contributed by atoms with van der Waals surface area (Å²) in [7, 11) is 0.